The third-order valence-electron chi connectivity index (χ3n) is 5.04. The molecule has 0 fully saturated rings. The van der Waals surface area contributed by atoms with Crippen LogP contribution in [0.2, 0.25) is 0 Å². The smallest absolute Gasteiger partial charge is 0.227 e. The van der Waals surface area contributed by atoms with E-state index in [9.17, 15) is 4.79 Å². The van der Waals surface area contributed by atoms with Crippen molar-refractivity contribution in [3.8, 4) is 0 Å². The minimum Gasteiger partial charge on any atom is -0.336 e. The lowest BCUT2D eigenvalue weighted by Gasteiger charge is -2.23. The number of hydrogen-bond donors (Lipinski definition) is 0. The van der Waals surface area contributed by atoms with Gasteiger partial charge in [-0.15, -0.1) is 11.3 Å². The molecule has 6 heteroatoms. The molecule has 1 amide bonds. The van der Waals surface area contributed by atoms with Gasteiger partial charge in [-0.2, -0.15) is 5.10 Å². The van der Waals surface area contributed by atoms with E-state index in [1.54, 1.807) is 16.2 Å². The van der Waals surface area contributed by atoms with Crippen LogP contribution in [-0.2, 0) is 17.8 Å². The summed E-state index contributed by atoms with van der Waals surface area (Å²) in [4.78, 5) is 19.4. The van der Waals surface area contributed by atoms with Crippen LogP contribution in [0.4, 0.5) is 0 Å². The largest absolute Gasteiger partial charge is 0.336 e. The lowest BCUT2D eigenvalue weighted by Crippen LogP contribution is -2.31. The van der Waals surface area contributed by atoms with Crippen LogP contribution in [-0.4, -0.2) is 32.6 Å². The second-order valence-corrected chi connectivity index (χ2v) is 8.66. The highest BCUT2D eigenvalue weighted by atomic mass is 32.1. The molecule has 2 heterocycles. The van der Waals surface area contributed by atoms with Gasteiger partial charge in [0.2, 0.25) is 5.91 Å². The average Bonchev–Trinajstić information content (AvgIpc) is 3.16. The van der Waals surface area contributed by atoms with Gasteiger partial charge in [0.25, 0.3) is 0 Å². The summed E-state index contributed by atoms with van der Waals surface area (Å²) in [5, 5.41) is 5.60. The number of para-hydroxylation sites is 1. The summed E-state index contributed by atoms with van der Waals surface area (Å²) >= 11 is 1.65. The standard InChI is InChI=1S/C21H28N4OS/c1-13(2)12-25-15(4)17(14(3)23-25)11-20(26)24(6)16(5)21-22-18-9-7-8-10-19(18)27-21/h7-10,13,16H,11-12H2,1-6H3/t16-/m0/s1. The number of aryl methyl sites for hydroxylation is 1. The molecule has 0 saturated carbocycles. The highest BCUT2D eigenvalue weighted by Crippen LogP contribution is 2.29. The van der Waals surface area contributed by atoms with Crippen LogP contribution in [0.15, 0.2) is 24.3 Å². The van der Waals surface area contributed by atoms with E-state index in [1.807, 2.05) is 43.8 Å². The maximum Gasteiger partial charge on any atom is 0.227 e. The van der Waals surface area contributed by atoms with Gasteiger partial charge in [0.15, 0.2) is 0 Å². The van der Waals surface area contributed by atoms with Crippen molar-refractivity contribution in [1.82, 2.24) is 19.7 Å². The maximum absolute atomic E-state index is 12.9. The summed E-state index contributed by atoms with van der Waals surface area (Å²) in [5.74, 6) is 0.616. The summed E-state index contributed by atoms with van der Waals surface area (Å²) in [6.07, 6.45) is 0.376. The fraction of sp³-hybridized carbons (Fsp3) is 0.476. The van der Waals surface area contributed by atoms with Gasteiger partial charge in [-0.25, -0.2) is 4.98 Å². The zero-order valence-corrected chi connectivity index (χ0v) is 17.8. The molecule has 0 aliphatic heterocycles. The molecule has 3 rings (SSSR count). The van der Waals surface area contributed by atoms with Gasteiger partial charge in [-0.1, -0.05) is 26.0 Å². The zero-order valence-electron chi connectivity index (χ0n) is 17.0. The molecule has 2 aromatic heterocycles. The van der Waals surface area contributed by atoms with E-state index in [1.165, 1.54) is 0 Å². The van der Waals surface area contributed by atoms with Gasteiger partial charge in [0, 0.05) is 24.8 Å². The molecule has 0 aliphatic carbocycles. The Hall–Kier alpha value is -2.21. The zero-order chi connectivity index (χ0) is 19.7. The van der Waals surface area contributed by atoms with Crippen molar-refractivity contribution < 1.29 is 4.79 Å². The molecule has 0 saturated heterocycles. The van der Waals surface area contributed by atoms with Crippen LogP contribution in [0.25, 0.3) is 10.2 Å². The number of nitrogens with zero attached hydrogens (tertiary/aromatic N) is 4. The normalized spacial score (nSPS) is 12.7. The predicted octanol–water partition coefficient (Wildman–Crippen LogP) is 4.53. The summed E-state index contributed by atoms with van der Waals surface area (Å²) < 4.78 is 3.18. The van der Waals surface area contributed by atoms with Crippen molar-refractivity contribution in [1.29, 1.82) is 0 Å². The predicted molar refractivity (Wildman–Crippen MR) is 111 cm³/mol. The third-order valence-corrected chi connectivity index (χ3v) is 6.25. The Labute approximate surface area is 165 Å². The lowest BCUT2D eigenvalue weighted by molar-refractivity contribution is -0.131. The first-order valence-electron chi connectivity index (χ1n) is 9.42. The molecule has 0 bridgehead atoms. The lowest BCUT2D eigenvalue weighted by atomic mass is 10.1. The van der Waals surface area contributed by atoms with Crippen molar-refractivity contribution in [3.63, 3.8) is 0 Å². The van der Waals surface area contributed by atoms with Crippen molar-refractivity contribution in [2.45, 2.75) is 53.6 Å². The molecule has 0 radical (unpaired) electrons. The molecular formula is C21H28N4OS. The molecule has 1 aromatic carbocycles. The number of thiazole rings is 1. The van der Waals surface area contributed by atoms with Crippen molar-refractivity contribution >= 4 is 27.5 Å². The second-order valence-electron chi connectivity index (χ2n) is 7.60. The maximum atomic E-state index is 12.9. The minimum absolute atomic E-state index is 0.0544. The van der Waals surface area contributed by atoms with E-state index in [-0.39, 0.29) is 11.9 Å². The molecule has 0 spiro atoms. The molecule has 144 valence electrons. The number of aromatic nitrogens is 3. The number of amides is 1. The SMILES string of the molecule is Cc1nn(CC(C)C)c(C)c1CC(=O)N(C)[C@@H](C)c1nc2ccccc2s1. The van der Waals surface area contributed by atoms with Crippen molar-refractivity contribution in [2.75, 3.05) is 7.05 Å². The molecule has 27 heavy (non-hydrogen) atoms. The summed E-state index contributed by atoms with van der Waals surface area (Å²) in [6, 6.07) is 8.04. The molecular weight excluding hydrogens is 356 g/mol. The van der Waals surface area contributed by atoms with Crippen LogP contribution < -0.4 is 0 Å². The first kappa shape index (κ1) is 19.5. The molecule has 3 aromatic rings. The van der Waals surface area contributed by atoms with Crippen LogP contribution in [0.3, 0.4) is 0 Å². The number of benzene rings is 1. The highest BCUT2D eigenvalue weighted by Gasteiger charge is 2.23. The third kappa shape index (κ3) is 4.05. The van der Waals surface area contributed by atoms with E-state index in [0.717, 1.165) is 38.7 Å². The van der Waals surface area contributed by atoms with Crippen molar-refractivity contribution in [3.05, 3.63) is 46.2 Å². The van der Waals surface area contributed by atoms with Crippen LogP contribution in [0.1, 0.15) is 48.8 Å². The van der Waals surface area contributed by atoms with Crippen LogP contribution in [0.5, 0.6) is 0 Å². The Balaban J connectivity index is 1.76. The summed E-state index contributed by atoms with van der Waals surface area (Å²) in [5.41, 5.74) is 4.08. The monoisotopic (exact) mass is 384 g/mol. The fourth-order valence-electron chi connectivity index (χ4n) is 3.24. The Morgan fingerprint density at radius 1 is 1.22 bits per heavy atom. The van der Waals surface area contributed by atoms with E-state index in [2.05, 4.69) is 31.9 Å². The van der Waals surface area contributed by atoms with Crippen LogP contribution >= 0.6 is 11.3 Å². The number of hydrogen-bond acceptors (Lipinski definition) is 4. The van der Waals surface area contributed by atoms with Gasteiger partial charge >= 0.3 is 0 Å². The molecule has 1 atom stereocenters. The quantitative estimate of drug-likeness (QED) is 0.627. The van der Waals surface area contributed by atoms with Gasteiger partial charge in [0.05, 0.1) is 28.4 Å². The Morgan fingerprint density at radius 3 is 2.59 bits per heavy atom. The number of likely N-dealkylation sites (N-methyl/N-ethyl adjacent to an activating group) is 1. The van der Waals surface area contributed by atoms with Gasteiger partial charge in [-0.3, -0.25) is 9.48 Å². The van der Waals surface area contributed by atoms with Gasteiger partial charge in [-0.05, 0) is 38.8 Å². The van der Waals surface area contributed by atoms with E-state index in [0.29, 0.717) is 12.3 Å². The number of rotatable bonds is 6. The Bertz CT molecular complexity index is 923. The molecule has 5 nitrogen and oxygen atoms in total. The minimum atomic E-state index is -0.0544. The van der Waals surface area contributed by atoms with Crippen LogP contribution in [0, 0.1) is 19.8 Å². The number of fused-ring (bicyclic) bond motifs is 1. The van der Waals surface area contributed by atoms with Crippen molar-refractivity contribution in [2.24, 2.45) is 5.92 Å². The Kier molecular flexibility index (Phi) is 5.65. The summed E-state index contributed by atoms with van der Waals surface area (Å²) in [7, 11) is 1.86. The summed E-state index contributed by atoms with van der Waals surface area (Å²) in [6.45, 7) is 11.3. The highest BCUT2D eigenvalue weighted by molar-refractivity contribution is 7.18. The molecule has 0 unspecified atom stereocenters. The van der Waals surface area contributed by atoms with E-state index < -0.39 is 0 Å². The molecule has 0 N–H and O–H groups in total. The first-order valence-corrected chi connectivity index (χ1v) is 10.2. The Morgan fingerprint density at radius 2 is 1.93 bits per heavy atom. The topological polar surface area (TPSA) is 51.0 Å². The van der Waals surface area contributed by atoms with E-state index in [4.69, 9.17) is 4.98 Å². The molecule has 0 aliphatic rings. The number of carbonyl (C=O) groups excluding carboxylic acids is 1. The average molecular weight is 385 g/mol. The van der Waals surface area contributed by atoms with E-state index >= 15 is 0 Å². The fourth-order valence-corrected chi connectivity index (χ4v) is 4.30. The first-order chi connectivity index (χ1) is 12.8. The van der Waals surface area contributed by atoms with Gasteiger partial charge in [0.1, 0.15) is 5.01 Å². The second kappa shape index (κ2) is 7.80. The van der Waals surface area contributed by atoms with Gasteiger partial charge < -0.3 is 4.90 Å². The number of carbonyl (C=O) groups is 1.